The van der Waals surface area contributed by atoms with Crippen LogP contribution in [0.1, 0.15) is 9.75 Å². The van der Waals surface area contributed by atoms with Gasteiger partial charge in [-0.1, -0.05) is 54.6 Å². The van der Waals surface area contributed by atoms with E-state index in [1.165, 1.54) is 11.3 Å². The number of rotatable bonds is 8. The summed E-state index contributed by atoms with van der Waals surface area (Å²) in [4.78, 5) is 1.42. The largest absolute Gasteiger partial charge is 0.493 e. The molecule has 1 heterocycles. The normalized spacial score (nSPS) is 11.1. The predicted octanol–water partition coefficient (Wildman–Crippen LogP) is 5.45. The Hall–Kier alpha value is -3.64. The van der Waals surface area contributed by atoms with E-state index < -0.39 is 10.0 Å². The Morgan fingerprint density at radius 1 is 0.853 bits per heavy atom. The number of thiophene rings is 1. The fourth-order valence-corrected chi connectivity index (χ4v) is 5.89. The maximum absolute atomic E-state index is 12.8. The van der Waals surface area contributed by atoms with Crippen LogP contribution in [0.2, 0.25) is 0 Å². The van der Waals surface area contributed by atoms with Crippen LogP contribution in [0.5, 0.6) is 11.5 Å². The Bertz CT molecular complexity index is 1440. The number of nitrogens with one attached hydrogen (secondary N) is 1. The molecule has 0 aliphatic carbocycles. The van der Waals surface area contributed by atoms with Gasteiger partial charge in [-0.2, -0.15) is 5.26 Å². The molecule has 0 amide bonds. The van der Waals surface area contributed by atoms with Crippen LogP contribution in [0.4, 0.5) is 0 Å². The Morgan fingerprint density at radius 2 is 1.50 bits per heavy atom. The number of sulfonamides is 1. The van der Waals surface area contributed by atoms with Gasteiger partial charge in [0.05, 0.1) is 19.1 Å². The zero-order chi connectivity index (χ0) is 24.1. The summed E-state index contributed by atoms with van der Waals surface area (Å²) in [5.41, 5.74) is 3.21. The van der Waals surface area contributed by atoms with E-state index in [0.29, 0.717) is 16.4 Å². The van der Waals surface area contributed by atoms with Gasteiger partial charge in [-0.3, -0.25) is 0 Å². The second-order valence-corrected chi connectivity index (χ2v) is 10.2. The Morgan fingerprint density at radius 3 is 2.12 bits per heavy atom. The van der Waals surface area contributed by atoms with Crippen molar-refractivity contribution in [3.63, 3.8) is 0 Å². The highest BCUT2D eigenvalue weighted by molar-refractivity contribution is 7.89. The van der Waals surface area contributed by atoms with Gasteiger partial charge in [-0.05, 0) is 35.4 Å². The number of hydrogen-bond acceptors (Lipinski definition) is 6. The Kier molecular flexibility index (Phi) is 6.98. The highest BCUT2D eigenvalue weighted by Crippen LogP contribution is 2.45. The van der Waals surface area contributed by atoms with Crippen LogP contribution in [0, 0.1) is 11.3 Å². The van der Waals surface area contributed by atoms with Crippen molar-refractivity contribution in [1.29, 1.82) is 5.26 Å². The summed E-state index contributed by atoms with van der Waals surface area (Å²) in [6, 6.07) is 25.6. The lowest BCUT2D eigenvalue weighted by Gasteiger charge is -2.13. The lowest BCUT2D eigenvalue weighted by atomic mass is 9.94. The highest BCUT2D eigenvalue weighted by atomic mass is 32.2. The molecule has 0 unspecified atom stereocenters. The molecule has 0 radical (unpaired) electrons. The molecule has 172 valence electrons. The first-order valence-corrected chi connectivity index (χ1v) is 12.7. The standard InChI is InChI=1S/C26H22N2O4S2/c1-31-21-14-13-19(15-22(21)32-2)26-23(16-27)33-24(25(26)18-9-5-3-6-10-18)17-28-34(29,30)20-11-7-4-8-12-20/h3-15,28H,17H2,1-2H3. The monoisotopic (exact) mass is 490 g/mol. The molecular formula is C26H22N2O4S2. The molecule has 1 aromatic heterocycles. The summed E-state index contributed by atoms with van der Waals surface area (Å²) in [6.07, 6.45) is 0. The van der Waals surface area contributed by atoms with Crippen LogP contribution in [-0.2, 0) is 16.6 Å². The Labute approximate surface area is 203 Å². The fraction of sp³-hybridized carbons (Fsp3) is 0.115. The van der Waals surface area contributed by atoms with Crippen molar-refractivity contribution in [2.75, 3.05) is 14.2 Å². The van der Waals surface area contributed by atoms with Crippen molar-refractivity contribution < 1.29 is 17.9 Å². The van der Waals surface area contributed by atoms with E-state index in [4.69, 9.17) is 9.47 Å². The van der Waals surface area contributed by atoms with Gasteiger partial charge in [0.25, 0.3) is 0 Å². The van der Waals surface area contributed by atoms with Crippen molar-refractivity contribution >= 4 is 21.4 Å². The first kappa shape index (κ1) is 23.5. The number of methoxy groups -OCH3 is 2. The molecule has 4 rings (SSSR count). The van der Waals surface area contributed by atoms with Crippen LogP contribution in [0.3, 0.4) is 0 Å². The van der Waals surface area contributed by atoms with Crippen LogP contribution in [0.15, 0.2) is 83.8 Å². The topological polar surface area (TPSA) is 88.4 Å². The van der Waals surface area contributed by atoms with Gasteiger partial charge in [0, 0.05) is 22.5 Å². The lowest BCUT2D eigenvalue weighted by molar-refractivity contribution is 0.355. The minimum atomic E-state index is -3.71. The molecule has 0 saturated carbocycles. The lowest BCUT2D eigenvalue weighted by Crippen LogP contribution is -2.23. The first-order valence-electron chi connectivity index (χ1n) is 10.4. The molecule has 6 nitrogen and oxygen atoms in total. The molecule has 0 atom stereocenters. The average Bonchev–Trinajstić information content (AvgIpc) is 3.27. The number of nitrogens with zero attached hydrogens (tertiary/aromatic N) is 1. The van der Waals surface area contributed by atoms with Crippen LogP contribution < -0.4 is 14.2 Å². The third-order valence-corrected chi connectivity index (χ3v) is 7.81. The van der Waals surface area contributed by atoms with E-state index in [2.05, 4.69) is 10.8 Å². The van der Waals surface area contributed by atoms with Crippen molar-refractivity contribution in [1.82, 2.24) is 4.72 Å². The number of nitriles is 1. The summed E-state index contributed by atoms with van der Waals surface area (Å²) < 4.78 is 39.2. The zero-order valence-corrected chi connectivity index (χ0v) is 20.2. The average molecular weight is 491 g/mol. The number of benzene rings is 3. The van der Waals surface area contributed by atoms with Crippen LogP contribution in [-0.4, -0.2) is 22.6 Å². The molecule has 8 heteroatoms. The quantitative estimate of drug-likeness (QED) is 0.355. The molecule has 0 aliphatic rings. The van der Waals surface area contributed by atoms with Gasteiger partial charge in [-0.15, -0.1) is 11.3 Å². The zero-order valence-electron chi connectivity index (χ0n) is 18.6. The number of ether oxygens (including phenoxy) is 2. The van der Waals surface area contributed by atoms with Crippen molar-refractivity contribution in [3.05, 3.63) is 88.6 Å². The summed E-state index contributed by atoms with van der Waals surface area (Å²) >= 11 is 1.27. The van der Waals surface area contributed by atoms with Crippen molar-refractivity contribution in [3.8, 4) is 39.8 Å². The summed E-state index contributed by atoms with van der Waals surface area (Å²) in [7, 11) is -0.592. The molecule has 4 aromatic rings. The minimum absolute atomic E-state index is 0.0497. The third kappa shape index (κ3) is 4.68. The van der Waals surface area contributed by atoms with E-state index in [-0.39, 0.29) is 11.4 Å². The third-order valence-electron chi connectivity index (χ3n) is 5.29. The molecular weight excluding hydrogens is 468 g/mol. The number of hydrogen-bond donors (Lipinski definition) is 1. The van der Waals surface area contributed by atoms with E-state index in [1.807, 2.05) is 42.5 Å². The molecule has 1 N–H and O–H groups in total. The van der Waals surface area contributed by atoms with E-state index in [0.717, 1.165) is 27.1 Å². The summed E-state index contributed by atoms with van der Waals surface area (Å²) in [5, 5.41) is 9.96. The van der Waals surface area contributed by atoms with E-state index >= 15 is 0 Å². The van der Waals surface area contributed by atoms with Gasteiger partial charge in [0.1, 0.15) is 10.9 Å². The maximum atomic E-state index is 12.8. The van der Waals surface area contributed by atoms with E-state index in [1.54, 1.807) is 50.6 Å². The van der Waals surface area contributed by atoms with Gasteiger partial charge in [0.2, 0.25) is 10.0 Å². The van der Waals surface area contributed by atoms with Crippen molar-refractivity contribution in [2.45, 2.75) is 11.4 Å². The molecule has 0 fully saturated rings. The summed E-state index contributed by atoms with van der Waals surface area (Å²) in [5.74, 6) is 1.12. The van der Waals surface area contributed by atoms with Gasteiger partial charge >= 0.3 is 0 Å². The molecule has 0 bridgehead atoms. The van der Waals surface area contributed by atoms with Crippen LogP contribution in [0.25, 0.3) is 22.3 Å². The van der Waals surface area contributed by atoms with Gasteiger partial charge < -0.3 is 9.47 Å². The second kappa shape index (κ2) is 10.1. The van der Waals surface area contributed by atoms with E-state index in [9.17, 15) is 13.7 Å². The molecule has 0 saturated heterocycles. The maximum Gasteiger partial charge on any atom is 0.240 e. The smallest absolute Gasteiger partial charge is 0.240 e. The first-order chi connectivity index (χ1) is 16.5. The minimum Gasteiger partial charge on any atom is -0.493 e. The molecule has 3 aromatic carbocycles. The fourth-order valence-electron chi connectivity index (χ4n) is 3.70. The molecule has 0 spiro atoms. The van der Waals surface area contributed by atoms with Crippen LogP contribution >= 0.6 is 11.3 Å². The molecule has 0 aliphatic heterocycles. The van der Waals surface area contributed by atoms with Crippen molar-refractivity contribution in [2.24, 2.45) is 0 Å². The van der Waals surface area contributed by atoms with Gasteiger partial charge in [-0.25, -0.2) is 13.1 Å². The molecule has 34 heavy (non-hydrogen) atoms. The van der Waals surface area contributed by atoms with Gasteiger partial charge in [0.15, 0.2) is 11.5 Å². The SMILES string of the molecule is COc1ccc(-c2c(C#N)sc(CNS(=O)(=O)c3ccccc3)c2-c2ccccc2)cc1OC. The second-order valence-electron chi connectivity index (χ2n) is 7.29. The highest BCUT2D eigenvalue weighted by Gasteiger charge is 2.23. The Balaban J connectivity index is 1.84. The summed E-state index contributed by atoms with van der Waals surface area (Å²) in [6.45, 7) is 0.0497. The predicted molar refractivity (Wildman–Crippen MR) is 133 cm³/mol.